The lowest BCUT2D eigenvalue weighted by Gasteiger charge is -2.07. The van der Waals surface area contributed by atoms with E-state index in [0.717, 1.165) is 36.4 Å². The minimum Gasteiger partial charge on any atom is -0.457 e. The number of hydrogen-bond donors (Lipinski definition) is 1. The Bertz CT molecular complexity index is 718. The molecule has 0 atom stereocenters. The minimum atomic E-state index is 0.742. The van der Waals surface area contributed by atoms with Gasteiger partial charge in [-0.2, -0.15) is 0 Å². The third-order valence-corrected chi connectivity index (χ3v) is 3.81. The molecule has 2 nitrogen and oxygen atoms in total. The molecular weight excluding hydrogens is 282 g/mol. The van der Waals surface area contributed by atoms with Crippen LogP contribution in [0.1, 0.15) is 17.5 Å². The van der Waals surface area contributed by atoms with Gasteiger partial charge in [-0.1, -0.05) is 42.5 Å². The lowest BCUT2D eigenvalue weighted by Crippen LogP contribution is -1.91. The average molecular weight is 303 g/mol. The molecule has 0 aliphatic rings. The third kappa shape index (κ3) is 4.62. The first kappa shape index (κ1) is 15.2. The summed E-state index contributed by atoms with van der Waals surface area (Å²) in [5.41, 5.74) is 9.15. The van der Waals surface area contributed by atoms with E-state index >= 15 is 0 Å². The summed E-state index contributed by atoms with van der Waals surface area (Å²) in [5, 5.41) is 0. The monoisotopic (exact) mass is 303 g/mol. The Labute approximate surface area is 137 Å². The fraction of sp³-hybridized carbons (Fsp3) is 0.143. The zero-order valence-electron chi connectivity index (χ0n) is 13.1. The van der Waals surface area contributed by atoms with E-state index in [0.29, 0.717) is 0 Å². The maximum absolute atomic E-state index is 5.81. The van der Waals surface area contributed by atoms with Gasteiger partial charge in [0.1, 0.15) is 11.5 Å². The summed E-state index contributed by atoms with van der Waals surface area (Å²) in [5.74, 6) is 1.65. The molecule has 3 aromatic carbocycles. The molecule has 0 unspecified atom stereocenters. The highest BCUT2D eigenvalue weighted by atomic mass is 16.5. The van der Waals surface area contributed by atoms with Gasteiger partial charge in [0.2, 0.25) is 0 Å². The standard InChI is InChI=1S/C21H21NO/c22-19-11-15-21(16-12-19)23-20-13-9-18(10-14-20)8-4-7-17-5-2-1-3-6-17/h1-3,5-6,9-16H,4,7-8,22H2. The zero-order valence-corrected chi connectivity index (χ0v) is 13.1. The first-order chi connectivity index (χ1) is 11.3. The molecule has 2 N–H and O–H groups in total. The largest absolute Gasteiger partial charge is 0.457 e. The number of nitrogens with two attached hydrogens (primary N) is 1. The van der Waals surface area contributed by atoms with Crippen LogP contribution in [0.4, 0.5) is 5.69 Å². The fourth-order valence-electron chi connectivity index (χ4n) is 2.54. The molecule has 0 bridgehead atoms. The Morgan fingerprint density at radius 3 is 1.74 bits per heavy atom. The van der Waals surface area contributed by atoms with Gasteiger partial charge < -0.3 is 10.5 Å². The van der Waals surface area contributed by atoms with Gasteiger partial charge in [0, 0.05) is 5.69 Å². The number of hydrogen-bond acceptors (Lipinski definition) is 2. The summed E-state index contributed by atoms with van der Waals surface area (Å²) in [6.07, 6.45) is 3.35. The number of benzene rings is 3. The van der Waals surface area contributed by atoms with Crippen LogP contribution in [0.2, 0.25) is 0 Å². The summed E-state index contributed by atoms with van der Waals surface area (Å²) >= 11 is 0. The molecule has 3 aromatic rings. The summed E-state index contributed by atoms with van der Waals surface area (Å²) < 4.78 is 5.81. The molecule has 0 spiro atoms. The SMILES string of the molecule is Nc1ccc(Oc2ccc(CCCc3ccccc3)cc2)cc1. The van der Waals surface area contributed by atoms with Crippen LogP contribution in [-0.4, -0.2) is 0 Å². The minimum absolute atomic E-state index is 0.742. The second-order valence-electron chi connectivity index (χ2n) is 5.65. The molecule has 0 saturated carbocycles. The van der Waals surface area contributed by atoms with Gasteiger partial charge in [0.05, 0.1) is 0 Å². The normalized spacial score (nSPS) is 10.4. The lowest BCUT2D eigenvalue weighted by molar-refractivity contribution is 0.482. The lowest BCUT2D eigenvalue weighted by atomic mass is 10.0. The zero-order chi connectivity index (χ0) is 15.9. The molecule has 0 aromatic heterocycles. The maximum Gasteiger partial charge on any atom is 0.127 e. The van der Waals surface area contributed by atoms with Gasteiger partial charge in [0.15, 0.2) is 0 Å². The summed E-state index contributed by atoms with van der Waals surface area (Å²) in [4.78, 5) is 0. The van der Waals surface area contributed by atoms with Crippen molar-refractivity contribution in [1.82, 2.24) is 0 Å². The smallest absolute Gasteiger partial charge is 0.127 e. The first-order valence-corrected chi connectivity index (χ1v) is 7.96. The highest BCUT2D eigenvalue weighted by molar-refractivity contribution is 5.43. The Morgan fingerprint density at radius 2 is 1.13 bits per heavy atom. The number of rotatable bonds is 6. The second kappa shape index (κ2) is 7.50. The van der Waals surface area contributed by atoms with Gasteiger partial charge in [-0.3, -0.25) is 0 Å². The molecule has 0 aliphatic carbocycles. The Balaban J connectivity index is 1.51. The Kier molecular flexibility index (Phi) is 4.95. The van der Waals surface area contributed by atoms with Crippen molar-refractivity contribution in [3.8, 4) is 11.5 Å². The van der Waals surface area contributed by atoms with E-state index in [1.165, 1.54) is 11.1 Å². The van der Waals surface area contributed by atoms with Crippen LogP contribution in [0.15, 0.2) is 78.9 Å². The topological polar surface area (TPSA) is 35.2 Å². The fourth-order valence-corrected chi connectivity index (χ4v) is 2.54. The number of ether oxygens (including phenoxy) is 1. The van der Waals surface area contributed by atoms with Crippen molar-refractivity contribution < 1.29 is 4.74 Å². The van der Waals surface area contributed by atoms with Gasteiger partial charge >= 0.3 is 0 Å². The molecule has 3 rings (SSSR count). The molecule has 0 amide bonds. The van der Waals surface area contributed by atoms with Crippen LogP contribution in [0.3, 0.4) is 0 Å². The molecule has 0 heterocycles. The van der Waals surface area contributed by atoms with E-state index in [9.17, 15) is 0 Å². The van der Waals surface area contributed by atoms with Crippen molar-refractivity contribution in [2.45, 2.75) is 19.3 Å². The molecular formula is C21H21NO. The highest BCUT2D eigenvalue weighted by Crippen LogP contribution is 2.23. The third-order valence-electron chi connectivity index (χ3n) is 3.81. The van der Waals surface area contributed by atoms with Crippen molar-refractivity contribution >= 4 is 5.69 Å². The number of nitrogen functional groups attached to an aromatic ring is 1. The van der Waals surface area contributed by atoms with E-state index < -0.39 is 0 Å². The summed E-state index contributed by atoms with van der Waals surface area (Å²) in [6.45, 7) is 0. The Morgan fingerprint density at radius 1 is 0.609 bits per heavy atom. The van der Waals surface area contributed by atoms with E-state index in [2.05, 4.69) is 42.5 Å². The van der Waals surface area contributed by atoms with Crippen molar-refractivity contribution in [1.29, 1.82) is 0 Å². The highest BCUT2D eigenvalue weighted by Gasteiger charge is 1.99. The van der Waals surface area contributed by atoms with Gasteiger partial charge in [-0.05, 0) is 66.8 Å². The van der Waals surface area contributed by atoms with Crippen LogP contribution in [0, 0.1) is 0 Å². The van der Waals surface area contributed by atoms with Crippen molar-refractivity contribution in [2.24, 2.45) is 0 Å². The molecule has 2 heteroatoms. The number of anilines is 1. The number of aryl methyl sites for hydroxylation is 2. The van der Waals surface area contributed by atoms with Crippen LogP contribution in [0.25, 0.3) is 0 Å². The second-order valence-corrected chi connectivity index (χ2v) is 5.65. The van der Waals surface area contributed by atoms with Crippen molar-refractivity contribution in [2.75, 3.05) is 5.73 Å². The first-order valence-electron chi connectivity index (χ1n) is 7.96. The predicted octanol–water partition coefficient (Wildman–Crippen LogP) is 5.24. The van der Waals surface area contributed by atoms with E-state index in [4.69, 9.17) is 10.5 Å². The summed E-state index contributed by atoms with van der Waals surface area (Å²) in [7, 11) is 0. The quantitative estimate of drug-likeness (QED) is 0.632. The van der Waals surface area contributed by atoms with Crippen LogP contribution < -0.4 is 10.5 Å². The molecule has 0 saturated heterocycles. The molecule has 0 fully saturated rings. The predicted molar refractivity (Wildman–Crippen MR) is 95.8 cm³/mol. The molecule has 0 aliphatic heterocycles. The van der Waals surface area contributed by atoms with Crippen LogP contribution in [0.5, 0.6) is 11.5 Å². The molecule has 0 radical (unpaired) electrons. The van der Waals surface area contributed by atoms with E-state index in [-0.39, 0.29) is 0 Å². The van der Waals surface area contributed by atoms with Gasteiger partial charge in [-0.15, -0.1) is 0 Å². The van der Waals surface area contributed by atoms with Crippen LogP contribution >= 0.6 is 0 Å². The van der Waals surface area contributed by atoms with Crippen molar-refractivity contribution in [3.63, 3.8) is 0 Å². The van der Waals surface area contributed by atoms with E-state index in [1.807, 2.05) is 36.4 Å². The molecule has 116 valence electrons. The van der Waals surface area contributed by atoms with Crippen molar-refractivity contribution in [3.05, 3.63) is 90.0 Å². The average Bonchev–Trinajstić information content (AvgIpc) is 2.59. The van der Waals surface area contributed by atoms with Gasteiger partial charge in [0.25, 0.3) is 0 Å². The maximum atomic E-state index is 5.81. The van der Waals surface area contributed by atoms with Gasteiger partial charge in [-0.25, -0.2) is 0 Å². The Hall–Kier alpha value is -2.74. The molecule has 23 heavy (non-hydrogen) atoms. The summed E-state index contributed by atoms with van der Waals surface area (Å²) in [6, 6.07) is 26.4. The van der Waals surface area contributed by atoms with E-state index in [1.54, 1.807) is 0 Å². The van der Waals surface area contributed by atoms with Crippen LogP contribution in [-0.2, 0) is 12.8 Å².